The summed E-state index contributed by atoms with van der Waals surface area (Å²) in [5.74, 6) is 1.12. The number of hydrogen-bond acceptors (Lipinski definition) is 7. The van der Waals surface area contributed by atoms with Crippen LogP contribution in [0.3, 0.4) is 0 Å². The van der Waals surface area contributed by atoms with Crippen molar-refractivity contribution >= 4 is 23.4 Å². The summed E-state index contributed by atoms with van der Waals surface area (Å²) in [4.78, 5) is 39.1. The lowest BCUT2D eigenvalue weighted by molar-refractivity contribution is 0.102. The number of thioether (sulfide) groups is 1. The molecule has 0 saturated heterocycles. The lowest BCUT2D eigenvalue weighted by atomic mass is 10.2. The molecular weight excluding hydrogens is 368 g/mol. The van der Waals surface area contributed by atoms with Crippen molar-refractivity contribution < 1.29 is 4.79 Å². The highest BCUT2D eigenvalue weighted by atomic mass is 32.2. The quantitative estimate of drug-likeness (QED) is 0.539. The molecule has 9 nitrogen and oxygen atoms in total. The molecule has 0 radical (unpaired) electrons. The highest BCUT2D eigenvalue weighted by Crippen LogP contribution is 2.46. The zero-order valence-corrected chi connectivity index (χ0v) is 15.5. The average molecular weight is 388 g/mol. The van der Waals surface area contributed by atoms with Gasteiger partial charge < -0.3 is 10.3 Å². The molecule has 0 unspecified atom stereocenters. The Bertz CT molecular complexity index is 1040. The molecule has 2 aromatic heterocycles. The van der Waals surface area contributed by atoms with Crippen molar-refractivity contribution in [2.75, 3.05) is 11.5 Å². The zero-order chi connectivity index (χ0) is 18.7. The molecule has 3 N–H and O–H groups in total. The average Bonchev–Trinajstić information content (AvgIpc) is 3.48. The molecule has 0 aliphatic heterocycles. The van der Waals surface area contributed by atoms with Gasteiger partial charge in [-0.2, -0.15) is 0 Å². The maximum absolute atomic E-state index is 12.7. The second-order valence-corrected chi connectivity index (χ2v) is 8.49. The van der Waals surface area contributed by atoms with Crippen molar-refractivity contribution in [2.45, 2.75) is 61.7 Å². The van der Waals surface area contributed by atoms with Gasteiger partial charge in [-0.3, -0.25) is 19.1 Å². The van der Waals surface area contributed by atoms with E-state index in [0.29, 0.717) is 12.0 Å². The molecule has 0 atom stereocenters. The normalized spacial score (nSPS) is 19.4. The zero-order valence-electron chi connectivity index (χ0n) is 14.7. The Hall–Kier alpha value is -2.36. The smallest absolute Gasteiger partial charge is 0.330 e. The maximum atomic E-state index is 12.7. The first-order chi connectivity index (χ1) is 13.0. The van der Waals surface area contributed by atoms with E-state index in [9.17, 15) is 14.4 Å². The molecular formula is C17H20N6O3S. The number of nitrogens with two attached hydrogens (primary N) is 1. The topological polar surface area (TPSA) is 129 Å². The summed E-state index contributed by atoms with van der Waals surface area (Å²) < 4.78 is 3.49. The summed E-state index contributed by atoms with van der Waals surface area (Å²) in [7, 11) is 0. The highest BCUT2D eigenvalue weighted by Gasteiger charge is 2.36. The third-order valence-corrected chi connectivity index (χ3v) is 6.19. The van der Waals surface area contributed by atoms with Gasteiger partial charge in [-0.15, -0.1) is 10.2 Å². The number of nitrogens with one attached hydrogen (secondary N) is 1. The third kappa shape index (κ3) is 3.01. The van der Waals surface area contributed by atoms with Crippen LogP contribution in [0.2, 0.25) is 0 Å². The number of ketones is 1. The van der Waals surface area contributed by atoms with Gasteiger partial charge in [0, 0.05) is 18.0 Å². The van der Waals surface area contributed by atoms with Crippen LogP contribution in [0.15, 0.2) is 14.7 Å². The number of aromatic amines is 1. The van der Waals surface area contributed by atoms with Crippen LogP contribution in [0.4, 0.5) is 5.82 Å². The number of anilines is 1. The first-order valence-electron chi connectivity index (χ1n) is 9.29. The van der Waals surface area contributed by atoms with Crippen LogP contribution < -0.4 is 17.0 Å². The number of rotatable bonds is 7. The third-order valence-electron chi connectivity index (χ3n) is 5.25. The minimum absolute atomic E-state index is 0.0207. The standard InChI is InChI=1S/C17H20N6O3S/c18-13-12(15(25)19-16(26)22(13)9-3-4-9)11(24)7-27-17-21-20-14(8-1-2-8)23(17)10-5-6-10/h8-10H,1-7,18H2,(H,19,25,26). The predicted molar refractivity (Wildman–Crippen MR) is 99.3 cm³/mol. The number of H-pyrrole nitrogens is 1. The fraction of sp³-hybridized carbons (Fsp3) is 0.588. The molecule has 0 aromatic carbocycles. The molecule has 0 bridgehead atoms. The van der Waals surface area contributed by atoms with Crippen LogP contribution in [0.5, 0.6) is 0 Å². The second kappa shape index (κ2) is 6.08. The largest absolute Gasteiger partial charge is 0.384 e. The molecule has 3 aliphatic carbocycles. The summed E-state index contributed by atoms with van der Waals surface area (Å²) >= 11 is 1.28. The van der Waals surface area contributed by atoms with Crippen LogP contribution in [0, 0.1) is 0 Å². The Labute approximate surface area is 158 Å². The Morgan fingerprint density at radius 2 is 1.74 bits per heavy atom. The van der Waals surface area contributed by atoms with Gasteiger partial charge in [0.2, 0.25) is 0 Å². The molecule has 5 rings (SSSR count). The Kier molecular flexibility index (Phi) is 3.78. The first kappa shape index (κ1) is 16.8. The number of nitrogen functional groups attached to an aromatic ring is 1. The van der Waals surface area contributed by atoms with Crippen molar-refractivity contribution in [3.63, 3.8) is 0 Å². The maximum Gasteiger partial charge on any atom is 0.330 e. The molecule has 3 fully saturated rings. The van der Waals surface area contributed by atoms with Gasteiger partial charge in [-0.1, -0.05) is 11.8 Å². The Morgan fingerprint density at radius 1 is 1.07 bits per heavy atom. The molecule has 0 amide bonds. The van der Waals surface area contributed by atoms with Crippen LogP contribution in [-0.4, -0.2) is 35.9 Å². The van der Waals surface area contributed by atoms with Gasteiger partial charge >= 0.3 is 5.69 Å². The first-order valence-corrected chi connectivity index (χ1v) is 10.3. The fourth-order valence-corrected chi connectivity index (χ4v) is 4.30. The van der Waals surface area contributed by atoms with E-state index in [1.54, 1.807) is 0 Å². The van der Waals surface area contributed by atoms with E-state index in [4.69, 9.17) is 5.73 Å². The molecule has 0 spiro atoms. The van der Waals surface area contributed by atoms with Crippen molar-refractivity contribution in [1.82, 2.24) is 24.3 Å². The molecule has 142 valence electrons. The minimum Gasteiger partial charge on any atom is -0.384 e. The van der Waals surface area contributed by atoms with E-state index in [-0.39, 0.29) is 23.2 Å². The van der Waals surface area contributed by atoms with Crippen molar-refractivity contribution in [2.24, 2.45) is 0 Å². The summed E-state index contributed by atoms with van der Waals surface area (Å²) in [5.41, 5.74) is 4.62. The lowest BCUT2D eigenvalue weighted by Crippen LogP contribution is -2.36. The van der Waals surface area contributed by atoms with Crippen molar-refractivity contribution in [1.29, 1.82) is 0 Å². The SMILES string of the molecule is Nc1c(C(=O)CSc2nnc(C3CC3)n2C2CC2)c(=O)[nH]c(=O)n1C1CC1. The van der Waals surface area contributed by atoms with E-state index in [1.165, 1.54) is 16.3 Å². The summed E-state index contributed by atoms with van der Waals surface area (Å²) in [6, 6.07) is 0.408. The molecule has 27 heavy (non-hydrogen) atoms. The van der Waals surface area contributed by atoms with Crippen LogP contribution in [0.25, 0.3) is 0 Å². The van der Waals surface area contributed by atoms with E-state index >= 15 is 0 Å². The predicted octanol–water partition coefficient (Wildman–Crippen LogP) is 1.23. The van der Waals surface area contributed by atoms with E-state index < -0.39 is 17.0 Å². The van der Waals surface area contributed by atoms with E-state index in [1.807, 2.05) is 0 Å². The summed E-state index contributed by atoms with van der Waals surface area (Å²) in [6.07, 6.45) is 6.16. The molecule has 2 aromatic rings. The van der Waals surface area contributed by atoms with E-state index in [2.05, 4.69) is 19.7 Å². The molecule has 10 heteroatoms. The van der Waals surface area contributed by atoms with Crippen LogP contribution >= 0.6 is 11.8 Å². The minimum atomic E-state index is -0.720. The van der Waals surface area contributed by atoms with Gasteiger partial charge in [0.05, 0.1) is 5.75 Å². The van der Waals surface area contributed by atoms with Crippen molar-refractivity contribution in [3.8, 4) is 0 Å². The number of carbonyl (C=O) groups excluding carboxylic acids is 1. The molecule has 3 aliphatic rings. The number of Topliss-reactive ketones (excluding diaryl/α,β-unsaturated/α-hetero) is 1. The Morgan fingerprint density at radius 3 is 2.37 bits per heavy atom. The molecule has 2 heterocycles. The highest BCUT2D eigenvalue weighted by molar-refractivity contribution is 7.99. The van der Waals surface area contributed by atoms with Gasteiger partial charge in [0.1, 0.15) is 17.2 Å². The van der Waals surface area contributed by atoms with Crippen LogP contribution in [-0.2, 0) is 0 Å². The number of carbonyl (C=O) groups is 1. The summed E-state index contributed by atoms with van der Waals surface area (Å²) in [5, 5.41) is 9.32. The number of aromatic nitrogens is 5. The Balaban J connectivity index is 1.40. The molecule has 3 saturated carbocycles. The van der Waals surface area contributed by atoms with Crippen LogP contribution in [0.1, 0.15) is 72.7 Å². The van der Waals surface area contributed by atoms with E-state index in [0.717, 1.165) is 49.5 Å². The monoisotopic (exact) mass is 388 g/mol. The van der Waals surface area contributed by atoms with Crippen molar-refractivity contribution in [3.05, 3.63) is 32.2 Å². The lowest BCUT2D eigenvalue weighted by Gasteiger charge is -2.11. The van der Waals surface area contributed by atoms with Gasteiger partial charge in [-0.05, 0) is 38.5 Å². The number of hydrogen-bond donors (Lipinski definition) is 2. The number of nitrogens with zero attached hydrogens (tertiary/aromatic N) is 4. The van der Waals surface area contributed by atoms with Gasteiger partial charge in [-0.25, -0.2) is 4.79 Å². The van der Waals surface area contributed by atoms with Gasteiger partial charge in [0.25, 0.3) is 5.56 Å². The summed E-state index contributed by atoms with van der Waals surface area (Å²) in [6.45, 7) is 0. The fourth-order valence-electron chi connectivity index (χ4n) is 3.42. The second-order valence-electron chi connectivity index (χ2n) is 7.55. The van der Waals surface area contributed by atoms with Gasteiger partial charge in [0.15, 0.2) is 10.9 Å².